The van der Waals surface area contributed by atoms with Crippen LogP contribution in [0.15, 0.2) is 15.8 Å². The second-order valence-electron chi connectivity index (χ2n) is 3.79. The van der Waals surface area contributed by atoms with Gasteiger partial charge in [-0.3, -0.25) is 18.4 Å². The highest BCUT2D eigenvalue weighted by Crippen LogP contribution is 1.95. The van der Waals surface area contributed by atoms with Gasteiger partial charge in [0.05, 0.1) is 5.56 Å². The summed E-state index contributed by atoms with van der Waals surface area (Å²) in [5.74, 6) is -0.412. The van der Waals surface area contributed by atoms with Gasteiger partial charge in [-0.05, 0) is 13.8 Å². The number of carbonyl (C=O) groups excluding carboxylic acids is 1. The first kappa shape index (κ1) is 13.6. The van der Waals surface area contributed by atoms with Gasteiger partial charge in [0.15, 0.2) is 5.78 Å². The summed E-state index contributed by atoms with van der Waals surface area (Å²) in [7, 11) is -1.14. The molecule has 1 aromatic heterocycles. The van der Waals surface area contributed by atoms with Crippen LogP contribution in [0.1, 0.15) is 24.2 Å². The Morgan fingerprint density at radius 1 is 1.53 bits per heavy atom. The zero-order valence-corrected chi connectivity index (χ0v) is 10.7. The molecule has 0 spiro atoms. The molecule has 0 aliphatic heterocycles. The summed E-state index contributed by atoms with van der Waals surface area (Å²) >= 11 is 0. The van der Waals surface area contributed by atoms with Crippen LogP contribution in [0.4, 0.5) is 0 Å². The lowest BCUT2D eigenvalue weighted by Crippen LogP contribution is -2.40. The fraction of sp³-hybridized carbons (Fsp3) is 0.500. The van der Waals surface area contributed by atoms with E-state index in [0.717, 1.165) is 10.8 Å². The van der Waals surface area contributed by atoms with Crippen molar-refractivity contribution >= 4 is 16.6 Å². The van der Waals surface area contributed by atoms with E-state index in [2.05, 4.69) is 4.98 Å². The lowest BCUT2D eigenvalue weighted by atomic mass is 10.2. The Labute approximate surface area is 100 Å². The van der Waals surface area contributed by atoms with Crippen molar-refractivity contribution < 1.29 is 9.00 Å². The molecule has 0 fully saturated rings. The molecule has 1 aromatic rings. The Morgan fingerprint density at radius 2 is 2.12 bits per heavy atom. The standard InChI is InChI=1S/C10H14N2O4S/c1-6(17(3)16)5-12-9(14)8(7(2)13)4-11-10(12)15/h4,6H,5H2,1-3H3,(H,11,15). The Hall–Kier alpha value is -1.50. The number of hydrogen-bond acceptors (Lipinski definition) is 4. The molecule has 17 heavy (non-hydrogen) atoms. The minimum absolute atomic E-state index is 0.0262. The number of Topliss-reactive ketones (excluding diaryl/α,β-unsaturated/α-hetero) is 1. The van der Waals surface area contributed by atoms with Crippen molar-refractivity contribution in [2.45, 2.75) is 25.6 Å². The van der Waals surface area contributed by atoms with Crippen LogP contribution in [0.5, 0.6) is 0 Å². The summed E-state index contributed by atoms with van der Waals surface area (Å²) in [5.41, 5.74) is -1.31. The van der Waals surface area contributed by atoms with Gasteiger partial charge in [0.25, 0.3) is 5.56 Å². The van der Waals surface area contributed by atoms with E-state index in [0.29, 0.717) is 0 Å². The third-order valence-corrected chi connectivity index (χ3v) is 3.73. The average Bonchev–Trinajstić information content (AvgIpc) is 2.22. The highest BCUT2D eigenvalue weighted by Gasteiger charge is 2.14. The van der Waals surface area contributed by atoms with Crippen LogP contribution in [0, 0.1) is 0 Å². The van der Waals surface area contributed by atoms with Crippen LogP contribution in [-0.2, 0) is 17.3 Å². The first-order valence-electron chi connectivity index (χ1n) is 5.00. The first-order valence-corrected chi connectivity index (χ1v) is 6.62. The van der Waals surface area contributed by atoms with E-state index >= 15 is 0 Å². The topological polar surface area (TPSA) is 89.0 Å². The van der Waals surface area contributed by atoms with Crippen LogP contribution in [-0.4, -0.2) is 31.0 Å². The summed E-state index contributed by atoms with van der Waals surface area (Å²) in [4.78, 5) is 36.8. The number of H-pyrrole nitrogens is 1. The molecule has 0 radical (unpaired) electrons. The molecule has 1 N–H and O–H groups in total. The highest BCUT2D eigenvalue weighted by atomic mass is 32.2. The second kappa shape index (κ2) is 5.22. The molecule has 2 unspecified atom stereocenters. The third kappa shape index (κ3) is 3.00. The Morgan fingerprint density at radius 3 is 2.59 bits per heavy atom. The normalized spacial score (nSPS) is 14.3. The number of aromatic nitrogens is 2. The number of aromatic amines is 1. The van der Waals surface area contributed by atoms with Crippen LogP contribution >= 0.6 is 0 Å². The Kier molecular flexibility index (Phi) is 4.17. The van der Waals surface area contributed by atoms with E-state index in [9.17, 15) is 18.6 Å². The second-order valence-corrected chi connectivity index (χ2v) is 5.59. The molecule has 0 aliphatic carbocycles. The molecule has 2 atom stereocenters. The Balaban J connectivity index is 3.29. The van der Waals surface area contributed by atoms with E-state index in [4.69, 9.17) is 0 Å². The van der Waals surface area contributed by atoms with Crippen molar-refractivity contribution in [3.63, 3.8) is 0 Å². The minimum Gasteiger partial charge on any atom is -0.313 e. The zero-order chi connectivity index (χ0) is 13.2. The van der Waals surface area contributed by atoms with Gasteiger partial charge in [0.2, 0.25) is 0 Å². The number of hydrogen-bond donors (Lipinski definition) is 1. The maximum atomic E-state index is 11.8. The fourth-order valence-electron chi connectivity index (χ4n) is 1.29. The minimum atomic E-state index is -1.14. The maximum absolute atomic E-state index is 11.8. The monoisotopic (exact) mass is 258 g/mol. The van der Waals surface area contributed by atoms with Crippen molar-refractivity contribution in [3.05, 3.63) is 32.6 Å². The largest absolute Gasteiger partial charge is 0.328 e. The summed E-state index contributed by atoms with van der Waals surface area (Å²) in [5, 5.41) is -0.337. The molecule has 6 nitrogen and oxygen atoms in total. The molecular formula is C10H14N2O4S. The van der Waals surface area contributed by atoms with E-state index in [1.54, 1.807) is 6.92 Å². The van der Waals surface area contributed by atoms with Crippen LogP contribution in [0.25, 0.3) is 0 Å². The van der Waals surface area contributed by atoms with E-state index in [-0.39, 0.29) is 17.4 Å². The molecule has 7 heteroatoms. The van der Waals surface area contributed by atoms with Crippen molar-refractivity contribution in [1.82, 2.24) is 9.55 Å². The first-order chi connectivity index (χ1) is 7.84. The van der Waals surface area contributed by atoms with Gasteiger partial charge in [-0.25, -0.2) is 4.79 Å². The molecule has 1 rings (SSSR count). The van der Waals surface area contributed by atoms with Gasteiger partial charge in [-0.15, -0.1) is 0 Å². The fourth-order valence-corrected chi connectivity index (χ4v) is 1.65. The van der Waals surface area contributed by atoms with Gasteiger partial charge < -0.3 is 4.98 Å². The number of nitrogens with one attached hydrogen (secondary N) is 1. The van der Waals surface area contributed by atoms with Crippen LogP contribution in [0.3, 0.4) is 0 Å². The third-order valence-electron chi connectivity index (χ3n) is 2.45. The summed E-state index contributed by atoms with van der Waals surface area (Å²) < 4.78 is 12.1. The molecule has 1 heterocycles. The zero-order valence-electron chi connectivity index (χ0n) is 9.85. The maximum Gasteiger partial charge on any atom is 0.328 e. The lowest BCUT2D eigenvalue weighted by Gasteiger charge is -2.10. The average molecular weight is 258 g/mol. The summed E-state index contributed by atoms with van der Waals surface area (Å²) in [6, 6.07) is 0. The van der Waals surface area contributed by atoms with Crippen molar-refractivity contribution in [1.29, 1.82) is 0 Å². The molecule has 0 aromatic carbocycles. The molecule has 0 aliphatic rings. The van der Waals surface area contributed by atoms with Gasteiger partial charge in [-0.1, -0.05) is 0 Å². The van der Waals surface area contributed by atoms with Crippen LogP contribution in [0.2, 0.25) is 0 Å². The van der Waals surface area contributed by atoms with Crippen molar-refractivity contribution in [2.75, 3.05) is 6.26 Å². The van der Waals surface area contributed by atoms with Gasteiger partial charge in [-0.2, -0.15) is 0 Å². The Bertz CT molecular complexity index is 572. The number of rotatable bonds is 4. The molecule has 0 bridgehead atoms. The number of ketones is 1. The summed E-state index contributed by atoms with van der Waals surface area (Å²) in [6.45, 7) is 2.95. The molecule has 0 saturated heterocycles. The number of carbonyl (C=O) groups is 1. The van der Waals surface area contributed by atoms with Gasteiger partial charge in [0, 0.05) is 35.0 Å². The number of nitrogens with zero attached hydrogens (tertiary/aromatic N) is 1. The summed E-state index contributed by atoms with van der Waals surface area (Å²) in [6.07, 6.45) is 2.61. The quantitative estimate of drug-likeness (QED) is 0.738. The van der Waals surface area contributed by atoms with Crippen molar-refractivity contribution in [2.24, 2.45) is 0 Å². The van der Waals surface area contributed by atoms with Crippen molar-refractivity contribution in [3.8, 4) is 0 Å². The smallest absolute Gasteiger partial charge is 0.313 e. The van der Waals surface area contributed by atoms with E-state index < -0.39 is 27.8 Å². The SMILES string of the molecule is CC(=O)c1c[nH]c(=O)n(CC(C)S(C)=O)c1=O. The lowest BCUT2D eigenvalue weighted by molar-refractivity contribution is 0.101. The highest BCUT2D eigenvalue weighted by molar-refractivity contribution is 7.84. The van der Waals surface area contributed by atoms with E-state index in [1.807, 2.05) is 0 Å². The molecule has 94 valence electrons. The molecule has 0 amide bonds. The van der Waals surface area contributed by atoms with E-state index in [1.165, 1.54) is 13.2 Å². The van der Waals surface area contributed by atoms with Gasteiger partial charge >= 0.3 is 5.69 Å². The predicted octanol–water partition coefficient (Wildman–Crippen LogP) is -0.494. The van der Waals surface area contributed by atoms with Gasteiger partial charge in [0.1, 0.15) is 0 Å². The predicted molar refractivity (Wildman–Crippen MR) is 64.9 cm³/mol. The molecular weight excluding hydrogens is 244 g/mol. The van der Waals surface area contributed by atoms with Crippen LogP contribution < -0.4 is 11.2 Å². The molecule has 0 saturated carbocycles.